The van der Waals surface area contributed by atoms with Crippen molar-refractivity contribution in [1.82, 2.24) is 15.2 Å². The van der Waals surface area contributed by atoms with Gasteiger partial charge in [-0.15, -0.1) is 10.2 Å². The van der Waals surface area contributed by atoms with Crippen molar-refractivity contribution >= 4 is 0 Å². The van der Waals surface area contributed by atoms with Gasteiger partial charge in [-0.05, 0) is 12.5 Å². The molecule has 1 unspecified atom stereocenters. The van der Waals surface area contributed by atoms with Crippen molar-refractivity contribution in [1.29, 1.82) is 0 Å². The molecule has 0 amide bonds. The van der Waals surface area contributed by atoms with E-state index in [0.29, 0.717) is 11.5 Å². The molecule has 1 heterocycles. The third-order valence-electron chi connectivity index (χ3n) is 2.54. The minimum absolute atomic E-state index is 0.0435. The lowest BCUT2D eigenvalue weighted by molar-refractivity contribution is 0.760. The second kappa shape index (κ2) is 4.26. The van der Waals surface area contributed by atoms with E-state index in [1.807, 2.05) is 37.3 Å². The first-order chi connectivity index (χ1) is 7.68. The average Bonchev–Trinajstić information content (AvgIpc) is 2.29. The fraction of sp³-hybridized carbons (Fsp3) is 0.250. The van der Waals surface area contributed by atoms with Crippen molar-refractivity contribution in [2.75, 3.05) is 0 Å². The van der Waals surface area contributed by atoms with Crippen molar-refractivity contribution in [3.8, 4) is 0 Å². The molecule has 4 heteroatoms. The summed E-state index contributed by atoms with van der Waals surface area (Å²) in [4.78, 5) is 14.4. The third kappa shape index (κ3) is 2.00. The van der Waals surface area contributed by atoms with Gasteiger partial charge in [-0.3, -0.25) is 4.79 Å². The van der Waals surface area contributed by atoms with E-state index >= 15 is 0 Å². The summed E-state index contributed by atoms with van der Waals surface area (Å²) in [5.74, 6) is 0.493. The summed E-state index contributed by atoms with van der Waals surface area (Å²) in [6.07, 6.45) is 0. The number of nitrogens with zero attached hydrogens (tertiary/aromatic N) is 2. The fourth-order valence-electron chi connectivity index (χ4n) is 1.61. The van der Waals surface area contributed by atoms with Crippen LogP contribution in [0.3, 0.4) is 0 Å². The van der Waals surface area contributed by atoms with E-state index in [9.17, 15) is 4.79 Å². The number of benzene rings is 1. The lowest BCUT2D eigenvalue weighted by atomic mass is 9.98. The zero-order valence-corrected chi connectivity index (χ0v) is 9.27. The maximum absolute atomic E-state index is 11.7. The van der Waals surface area contributed by atoms with Gasteiger partial charge in [-0.2, -0.15) is 0 Å². The molecule has 0 saturated carbocycles. The second-order valence-electron chi connectivity index (χ2n) is 3.76. The van der Waals surface area contributed by atoms with Crippen LogP contribution in [0.5, 0.6) is 0 Å². The van der Waals surface area contributed by atoms with Crippen LogP contribution in [-0.4, -0.2) is 15.2 Å². The van der Waals surface area contributed by atoms with Crippen LogP contribution in [0.25, 0.3) is 0 Å². The Morgan fingerprint density at radius 2 is 1.88 bits per heavy atom. The quantitative estimate of drug-likeness (QED) is 0.828. The summed E-state index contributed by atoms with van der Waals surface area (Å²) in [5, 5.41) is 7.84. The monoisotopic (exact) mass is 215 g/mol. The Morgan fingerprint density at radius 3 is 2.50 bits per heavy atom. The topological polar surface area (TPSA) is 58.6 Å². The molecule has 0 aliphatic heterocycles. The van der Waals surface area contributed by atoms with Crippen LogP contribution in [-0.2, 0) is 0 Å². The normalized spacial score (nSPS) is 12.4. The zero-order valence-electron chi connectivity index (χ0n) is 9.27. The number of aryl methyl sites for hydroxylation is 1. The molecule has 82 valence electrons. The van der Waals surface area contributed by atoms with E-state index < -0.39 is 0 Å². The first-order valence-electron chi connectivity index (χ1n) is 5.17. The highest BCUT2D eigenvalue weighted by Gasteiger charge is 2.14. The van der Waals surface area contributed by atoms with Gasteiger partial charge >= 0.3 is 0 Å². The zero-order chi connectivity index (χ0) is 11.5. The van der Waals surface area contributed by atoms with Crippen LogP contribution < -0.4 is 5.56 Å². The first-order valence-corrected chi connectivity index (χ1v) is 5.17. The van der Waals surface area contributed by atoms with E-state index in [1.54, 1.807) is 6.92 Å². The summed E-state index contributed by atoms with van der Waals surface area (Å²) in [6.45, 7) is 3.66. The fourth-order valence-corrected chi connectivity index (χ4v) is 1.61. The SMILES string of the molecule is Cc1nnc(C(C)c2ccccc2)c(=O)[nH]1. The lowest BCUT2D eigenvalue weighted by Crippen LogP contribution is -2.20. The number of rotatable bonds is 2. The van der Waals surface area contributed by atoms with E-state index in [4.69, 9.17) is 0 Å². The number of nitrogens with one attached hydrogen (secondary N) is 1. The molecule has 1 aromatic heterocycles. The van der Waals surface area contributed by atoms with Crippen molar-refractivity contribution in [3.63, 3.8) is 0 Å². The molecule has 1 atom stereocenters. The second-order valence-corrected chi connectivity index (χ2v) is 3.76. The molecular formula is C12H13N3O. The van der Waals surface area contributed by atoms with Crippen molar-refractivity contribution in [3.05, 3.63) is 57.8 Å². The maximum Gasteiger partial charge on any atom is 0.273 e. The summed E-state index contributed by atoms with van der Waals surface area (Å²) < 4.78 is 0. The van der Waals surface area contributed by atoms with Gasteiger partial charge in [-0.1, -0.05) is 37.3 Å². The van der Waals surface area contributed by atoms with Gasteiger partial charge < -0.3 is 4.98 Å². The molecule has 0 fully saturated rings. The molecule has 0 bridgehead atoms. The van der Waals surface area contributed by atoms with Gasteiger partial charge in [0, 0.05) is 5.92 Å². The predicted molar refractivity (Wildman–Crippen MR) is 61.3 cm³/mol. The number of H-pyrrole nitrogens is 1. The van der Waals surface area contributed by atoms with Crippen molar-refractivity contribution in [2.24, 2.45) is 0 Å². The van der Waals surface area contributed by atoms with E-state index in [2.05, 4.69) is 15.2 Å². The number of aromatic amines is 1. The standard InChI is InChI=1S/C12H13N3O/c1-8(10-6-4-3-5-7-10)11-12(16)13-9(2)14-15-11/h3-8H,1-2H3,(H,13,14,16). The summed E-state index contributed by atoms with van der Waals surface area (Å²) in [6, 6.07) is 9.79. The maximum atomic E-state index is 11.7. The van der Waals surface area contributed by atoms with E-state index in [-0.39, 0.29) is 11.5 Å². The highest BCUT2D eigenvalue weighted by Crippen LogP contribution is 2.18. The highest BCUT2D eigenvalue weighted by atomic mass is 16.1. The van der Waals surface area contributed by atoms with Gasteiger partial charge in [0.05, 0.1) is 0 Å². The molecule has 0 radical (unpaired) electrons. The minimum atomic E-state index is -0.163. The van der Waals surface area contributed by atoms with Crippen LogP contribution in [0.15, 0.2) is 35.1 Å². The Bertz CT molecular complexity index is 533. The highest BCUT2D eigenvalue weighted by molar-refractivity contribution is 5.25. The van der Waals surface area contributed by atoms with E-state index in [1.165, 1.54) is 0 Å². The van der Waals surface area contributed by atoms with Crippen LogP contribution in [0.4, 0.5) is 0 Å². The molecular weight excluding hydrogens is 202 g/mol. The largest absolute Gasteiger partial charge is 0.308 e. The Balaban J connectivity index is 2.42. The molecule has 0 aliphatic rings. The van der Waals surface area contributed by atoms with Gasteiger partial charge in [0.25, 0.3) is 5.56 Å². The summed E-state index contributed by atoms with van der Waals surface area (Å²) in [5.41, 5.74) is 1.35. The number of aromatic nitrogens is 3. The van der Waals surface area contributed by atoms with Gasteiger partial charge in [-0.25, -0.2) is 0 Å². The van der Waals surface area contributed by atoms with Crippen LogP contribution >= 0.6 is 0 Å². The lowest BCUT2D eigenvalue weighted by Gasteiger charge is -2.09. The molecule has 1 aromatic carbocycles. The molecule has 2 aromatic rings. The van der Waals surface area contributed by atoms with Crippen LogP contribution in [0.1, 0.15) is 29.9 Å². The summed E-state index contributed by atoms with van der Waals surface area (Å²) in [7, 11) is 0. The average molecular weight is 215 g/mol. The summed E-state index contributed by atoms with van der Waals surface area (Å²) >= 11 is 0. The molecule has 2 rings (SSSR count). The molecule has 0 saturated heterocycles. The Morgan fingerprint density at radius 1 is 1.19 bits per heavy atom. The minimum Gasteiger partial charge on any atom is -0.308 e. The van der Waals surface area contributed by atoms with Gasteiger partial charge in [0.15, 0.2) is 0 Å². The molecule has 16 heavy (non-hydrogen) atoms. The van der Waals surface area contributed by atoms with Gasteiger partial charge in [0.1, 0.15) is 11.5 Å². The molecule has 4 nitrogen and oxygen atoms in total. The molecule has 1 N–H and O–H groups in total. The smallest absolute Gasteiger partial charge is 0.273 e. The number of hydrogen-bond donors (Lipinski definition) is 1. The predicted octanol–water partition coefficient (Wildman–Crippen LogP) is 1.63. The molecule has 0 aliphatic carbocycles. The first kappa shape index (κ1) is 10.5. The third-order valence-corrected chi connectivity index (χ3v) is 2.54. The van der Waals surface area contributed by atoms with E-state index in [0.717, 1.165) is 5.56 Å². The van der Waals surface area contributed by atoms with Crippen molar-refractivity contribution < 1.29 is 0 Å². The van der Waals surface area contributed by atoms with Crippen LogP contribution in [0.2, 0.25) is 0 Å². The Labute approximate surface area is 93.4 Å². The van der Waals surface area contributed by atoms with Crippen LogP contribution in [0, 0.1) is 6.92 Å². The number of hydrogen-bond acceptors (Lipinski definition) is 3. The van der Waals surface area contributed by atoms with Crippen molar-refractivity contribution in [2.45, 2.75) is 19.8 Å². The van der Waals surface area contributed by atoms with Gasteiger partial charge in [0.2, 0.25) is 0 Å². The Hall–Kier alpha value is -1.97. The Kier molecular flexibility index (Phi) is 2.81. The molecule has 0 spiro atoms.